The number of aliphatic carboxylic acids is 1. The molecule has 0 unspecified atom stereocenters. The fourth-order valence-electron chi connectivity index (χ4n) is 2.10. The summed E-state index contributed by atoms with van der Waals surface area (Å²) in [6.45, 7) is 3.93. The Bertz CT molecular complexity index is 372. The standard InChI is InChI=1S/C10H20N2O4S/c1-3-11-17(15,16)12-10(9(13)14)6-4-8(2)5-7-10/h8,11-12H,3-7H2,1-2H3,(H,13,14). The second-order valence-electron chi connectivity index (χ2n) is 4.67. The van der Waals surface area contributed by atoms with Crippen LogP contribution in [0.25, 0.3) is 0 Å². The molecule has 7 heteroatoms. The van der Waals surface area contributed by atoms with Crippen molar-refractivity contribution >= 4 is 16.2 Å². The van der Waals surface area contributed by atoms with E-state index in [1.54, 1.807) is 6.92 Å². The van der Waals surface area contributed by atoms with Gasteiger partial charge in [-0.1, -0.05) is 13.8 Å². The zero-order chi connectivity index (χ0) is 13.1. The lowest BCUT2D eigenvalue weighted by atomic mass is 9.78. The molecule has 1 aliphatic carbocycles. The van der Waals surface area contributed by atoms with E-state index in [-0.39, 0.29) is 6.54 Å². The van der Waals surface area contributed by atoms with Crippen LogP contribution in [0, 0.1) is 5.92 Å². The van der Waals surface area contributed by atoms with Gasteiger partial charge >= 0.3 is 5.97 Å². The van der Waals surface area contributed by atoms with Gasteiger partial charge in [-0.25, -0.2) is 4.72 Å². The Balaban J connectivity index is 2.84. The van der Waals surface area contributed by atoms with Crippen molar-refractivity contribution in [2.24, 2.45) is 5.92 Å². The quantitative estimate of drug-likeness (QED) is 0.672. The lowest BCUT2D eigenvalue weighted by molar-refractivity contribution is -0.145. The second-order valence-corrected chi connectivity index (χ2v) is 6.17. The van der Waals surface area contributed by atoms with Crippen LogP contribution in [0.1, 0.15) is 39.5 Å². The molecule has 6 nitrogen and oxygen atoms in total. The van der Waals surface area contributed by atoms with Crippen LogP contribution in [0.4, 0.5) is 0 Å². The van der Waals surface area contributed by atoms with Gasteiger partial charge in [0.25, 0.3) is 10.2 Å². The minimum atomic E-state index is -3.73. The first-order valence-corrected chi connectivity index (χ1v) is 7.31. The van der Waals surface area contributed by atoms with E-state index in [2.05, 4.69) is 9.44 Å². The van der Waals surface area contributed by atoms with Gasteiger partial charge in [-0.2, -0.15) is 13.1 Å². The molecule has 1 rings (SSSR count). The summed E-state index contributed by atoms with van der Waals surface area (Å²) in [6.07, 6.45) is 2.13. The maximum absolute atomic E-state index is 11.6. The van der Waals surface area contributed by atoms with Crippen LogP contribution in [-0.2, 0) is 15.0 Å². The fraction of sp³-hybridized carbons (Fsp3) is 0.900. The largest absolute Gasteiger partial charge is 0.480 e. The summed E-state index contributed by atoms with van der Waals surface area (Å²) in [5.41, 5.74) is -1.34. The van der Waals surface area contributed by atoms with E-state index in [0.717, 1.165) is 12.8 Å². The number of hydrogen-bond acceptors (Lipinski definition) is 3. The summed E-state index contributed by atoms with van der Waals surface area (Å²) in [7, 11) is -3.73. The number of carbonyl (C=O) groups is 1. The number of nitrogens with one attached hydrogen (secondary N) is 2. The first-order chi connectivity index (χ1) is 7.81. The molecule has 3 N–H and O–H groups in total. The molecule has 17 heavy (non-hydrogen) atoms. The first-order valence-electron chi connectivity index (χ1n) is 5.83. The van der Waals surface area contributed by atoms with Crippen LogP contribution in [-0.4, -0.2) is 31.6 Å². The normalized spacial score (nSPS) is 30.1. The zero-order valence-electron chi connectivity index (χ0n) is 10.2. The highest BCUT2D eigenvalue weighted by molar-refractivity contribution is 7.87. The minimum Gasteiger partial charge on any atom is -0.480 e. The van der Waals surface area contributed by atoms with Crippen LogP contribution in [0.3, 0.4) is 0 Å². The zero-order valence-corrected chi connectivity index (χ0v) is 11.0. The van der Waals surface area contributed by atoms with Crippen molar-refractivity contribution in [3.8, 4) is 0 Å². The Labute approximate surface area is 102 Å². The molecule has 0 amide bonds. The number of carboxylic acids is 1. The van der Waals surface area contributed by atoms with Crippen molar-refractivity contribution in [2.45, 2.75) is 45.1 Å². The average Bonchev–Trinajstić information content (AvgIpc) is 2.21. The topological polar surface area (TPSA) is 95.5 Å². The van der Waals surface area contributed by atoms with Gasteiger partial charge in [0.15, 0.2) is 0 Å². The molecular formula is C10H20N2O4S. The van der Waals surface area contributed by atoms with Gasteiger partial charge in [0, 0.05) is 6.54 Å². The van der Waals surface area contributed by atoms with E-state index >= 15 is 0 Å². The molecule has 1 fully saturated rings. The third-order valence-electron chi connectivity index (χ3n) is 3.20. The highest BCUT2D eigenvalue weighted by Gasteiger charge is 2.44. The molecule has 0 saturated heterocycles. The van der Waals surface area contributed by atoms with E-state index in [9.17, 15) is 18.3 Å². The monoisotopic (exact) mass is 264 g/mol. The molecule has 1 aliphatic rings. The maximum Gasteiger partial charge on any atom is 0.324 e. The Morgan fingerprint density at radius 1 is 1.41 bits per heavy atom. The summed E-state index contributed by atoms with van der Waals surface area (Å²) in [4.78, 5) is 11.3. The van der Waals surface area contributed by atoms with E-state index in [1.807, 2.05) is 6.92 Å². The van der Waals surface area contributed by atoms with Crippen LogP contribution in [0.2, 0.25) is 0 Å². The average molecular weight is 264 g/mol. The summed E-state index contributed by atoms with van der Waals surface area (Å²) in [6, 6.07) is 0. The summed E-state index contributed by atoms with van der Waals surface area (Å²) in [5.74, 6) is -0.642. The van der Waals surface area contributed by atoms with Gasteiger partial charge in [0.05, 0.1) is 0 Å². The van der Waals surface area contributed by atoms with Crippen molar-refractivity contribution < 1.29 is 18.3 Å². The van der Waals surface area contributed by atoms with Crippen molar-refractivity contribution in [3.05, 3.63) is 0 Å². The molecule has 0 heterocycles. The van der Waals surface area contributed by atoms with Gasteiger partial charge < -0.3 is 5.11 Å². The lowest BCUT2D eigenvalue weighted by Crippen LogP contribution is -2.58. The Morgan fingerprint density at radius 2 is 1.94 bits per heavy atom. The van der Waals surface area contributed by atoms with Crippen LogP contribution >= 0.6 is 0 Å². The second kappa shape index (κ2) is 5.32. The molecule has 0 radical (unpaired) electrons. The van der Waals surface area contributed by atoms with E-state index in [1.165, 1.54) is 0 Å². The molecular weight excluding hydrogens is 244 g/mol. The third-order valence-corrected chi connectivity index (χ3v) is 4.53. The molecule has 0 bridgehead atoms. The molecule has 0 spiro atoms. The smallest absolute Gasteiger partial charge is 0.324 e. The van der Waals surface area contributed by atoms with Crippen molar-refractivity contribution in [2.75, 3.05) is 6.54 Å². The van der Waals surface area contributed by atoms with Crippen molar-refractivity contribution in [1.82, 2.24) is 9.44 Å². The predicted octanol–water partition coefficient (Wildman–Crippen LogP) is 0.464. The summed E-state index contributed by atoms with van der Waals surface area (Å²) < 4.78 is 27.8. The van der Waals surface area contributed by atoms with E-state index < -0.39 is 21.7 Å². The first kappa shape index (κ1) is 14.4. The predicted molar refractivity (Wildman–Crippen MR) is 63.7 cm³/mol. The van der Waals surface area contributed by atoms with Gasteiger partial charge in [0.2, 0.25) is 0 Å². The molecule has 0 aromatic rings. The van der Waals surface area contributed by atoms with Crippen LogP contribution < -0.4 is 9.44 Å². The van der Waals surface area contributed by atoms with Crippen LogP contribution in [0.15, 0.2) is 0 Å². The van der Waals surface area contributed by atoms with Crippen molar-refractivity contribution in [3.63, 3.8) is 0 Å². The Hall–Kier alpha value is -0.660. The number of carboxylic acid groups (broad SMARTS) is 1. The SMILES string of the molecule is CCNS(=O)(=O)NC1(C(=O)O)CCC(C)CC1. The third kappa shape index (κ3) is 3.65. The fourth-order valence-corrected chi connectivity index (χ4v) is 3.36. The number of rotatable bonds is 5. The Kier molecular flexibility index (Phi) is 4.51. The minimum absolute atomic E-state index is 0.238. The van der Waals surface area contributed by atoms with E-state index in [0.29, 0.717) is 18.8 Å². The summed E-state index contributed by atoms with van der Waals surface area (Å²) in [5, 5.41) is 9.25. The Morgan fingerprint density at radius 3 is 2.35 bits per heavy atom. The summed E-state index contributed by atoms with van der Waals surface area (Å²) >= 11 is 0. The van der Waals surface area contributed by atoms with Crippen LogP contribution in [0.5, 0.6) is 0 Å². The highest BCUT2D eigenvalue weighted by Crippen LogP contribution is 2.32. The molecule has 100 valence electrons. The number of hydrogen-bond donors (Lipinski definition) is 3. The molecule has 0 atom stereocenters. The van der Waals surface area contributed by atoms with Gasteiger partial charge in [0.1, 0.15) is 5.54 Å². The van der Waals surface area contributed by atoms with Gasteiger partial charge in [-0.05, 0) is 31.6 Å². The molecule has 1 saturated carbocycles. The molecule has 0 aliphatic heterocycles. The highest BCUT2D eigenvalue weighted by atomic mass is 32.2. The lowest BCUT2D eigenvalue weighted by Gasteiger charge is -2.35. The van der Waals surface area contributed by atoms with E-state index in [4.69, 9.17) is 0 Å². The molecule has 0 aromatic carbocycles. The van der Waals surface area contributed by atoms with Gasteiger partial charge in [-0.3, -0.25) is 4.79 Å². The molecule has 0 aromatic heterocycles. The maximum atomic E-state index is 11.6. The van der Waals surface area contributed by atoms with Gasteiger partial charge in [-0.15, -0.1) is 0 Å². The van der Waals surface area contributed by atoms with Crippen molar-refractivity contribution in [1.29, 1.82) is 0 Å².